The van der Waals surface area contributed by atoms with Crippen LogP contribution in [0.1, 0.15) is 213 Å². The monoisotopic (exact) mass is 925 g/mol. The molecule has 376 valence electrons. The van der Waals surface area contributed by atoms with E-state index in [2.05, 4.69) is 154 Å². The topological polar surface area (TPSA) is 78.9 Å². The van der Waals surface area contributed by atoms with E-state index in [0.717, 1.165) is 109 Å². The van der Waals surface area contributed by atoms with Crippen LogP contribution in [0.2, 0.25) is 0 Å². The van der Waals surface area contributed by atoms with Crippen molar-refractivity contribution in [2.24, 2.45) is 0 Å². The summed E-state index contributed by atoms with van der Waals surface area (Å²) in [6.07, 6.45) is 75.8. The zero-order valence-corrected chi connectivity index (χ0v) is 42.9. The minimum Gasteiger partial charge on any atom is -0.462 e. The lowest BCUT2D eigenvalue weighted by Crippen LogP contribution is -2.30. The molecule has 0 aromatic rings. The van der Waals surface area contributed by atoms with Gasteiger partial charge in [0.25, 0.3) is 0 Å². The largest absolute Gasteiger partial charge is 0.462 e. The van der Waals surface area contributed by atoms with E-state index >= 15 is 0 Å². The van der Waals surface area contributed by atoms with Crippen molar-refractivity contribution in [1.29, 1.82) is 0 Å². The number of esters is 3. The smallest absolute Gasteiger partial charge is 0.306 e. The molecule has 0 aromatic heterocycles. The van der Waals surface area contributed by atoms with Crippen molar-refractivity contribution in [2.45, 2.75) is 219 Å². The molecule has 0 aromatic carbocycles. The molecule has 0 aliphatic rings. The van der Waals surface area contributed by atoms with E-state index in [1.165, 1.54) is 51.4 Å². The molecule has 0 fully saturated rings. The van der Waals surface area contributed by atoms with Crippen molar-refractivity contribution in [3.63, 3.8) is 0 Å². The molecule has 0 radical (unpaired) electrons. The van der Waals surface area contributed by atoms with Gasteiger partial charge >= 0.3 is 17.9 Å². The fraction of sp³-hybridized carbons (Fsp3) is 0.590. The highest BCUT2D eigenvalue weighted by molar-refractivity contribution is 5.71. The molecule has 0 bridgehead atoms. The van der Waals surface area contributed by atoms with Gasteiger partial charge in [0.1, 0.15) is 13.2 Å². The standard InChI is InChI=1S/C61H96O6/c1-4-7-10-13-16-19-22-25-28-30-33-36-39-42-45-48-51-54-60(63)66-57-58(56-65-59(62)53-50-47-44-41-38-35-32-27-24-21-18-15-12-9-6-3)67-61(64)55-52-49-46-43-40-37-34-31-29-26-23-20-17-14-11-8-5-2/h7,10,16-21,25-29,32-34,36-38,41-42,45,58H,4-6,8-9,11-15,22-24,30-31,35,39-40,43-44,46-57H2,1-3H3/b10-7-,19-16-,20-17-,21-18-,28-25-,29-26-,32-27-,36-33-,37-34-,41-38-,45-42-/t58-/m0/s1. The van der Waals surface area contributed by atoms with Gasteiger partial charge in [0, 0.05) is 19.3 Å². The van der Waals surface area contributed by atoms with Gasteiger partial charge in [-0.25, -0.2) is 0 Å². The van der Waals surface area contributed by atoms with Gasteiger partial charge in [-0.2, -0.15) is 0 Å². The molecule has 0 aliphatic carbocycles. The molecule has 0 amide bonds. The summed E-state index contributed by atoms with van der Waals surface area (Å²) in [6, 6.07) is 0. The van der Waals surface area contributed by atoms with Crippen molar-refractivity contribution in [3.05, 3.63) is 134 Å². The average Bonchev–Trinajstić information content (AvgIpc) is 3.33. The predicted molar refractivity (Wildman–Crippen MR) is 288 cm³/mol. The van der Waals surface area contributed by atoms with Gasteiger partial charge < -0.3 is 14.2 Å². The summed E-state index contributed by atoms with van der Waals surface area (Å²) in [6.45, 7) is 6.34. The van der Waals surface area contributed by atoms with Crippen LogP contribution in [0.15, 0.2) is 134 Å². The van der Waals surface area contributed by atoms with Crippen molar-refractivity contribution < 1.29 is 28.6 Å². The van der Waals surface area contributed by atoms with Crippen LogP contribution in [-0.4, -0.2) is 37.2 Å². The molecule has 0 unspecified atom stereocenters. The van der Waals surface area contributed by atoms with Gasteiger partial charge in [0.2, 0.25) is 0 Å². The Morgan fingerprint density at radius 3 is 0.985 bits per heavy atom. The Balaban J connectivity index is 4.61. The maximum Gasteiger partial charge on any atom is 0.306 e. The van der Waals surface area contributed by atoms with Crippen LogP contribution >= 0.6 is 0 Å². The quantitative estimate of drug-likeness (QED) is 0.0262. The Morgan fingerprint density at radius 2 is 0.597 bits per heavy atom. The minimum absolute atomic E-state index is 0.130. The molecule has 0 heterocycles. The fourth-order valence-corrected chi connectivity index (χ4v) is 6.61. The summed E-state index contributed by atoms with van der Waals surface area (Å²) in [7, 11) is 0. The number of carbonyl (C=O) groups excluding carboxylic acids is 3. The summed E-state index contributed by atoms with van der Waals surface area (Å²) in [4.78, 5) is 38.0. The van der Waals surface area contributed by atoms with E-state index in [1.807, 2.05) is 0 Å². The van der Waals surface area contributed by atoms with Gasteiger partial charge in [0.05, 0.1) is 0 Å². The van der Waals surface area contributed by atoms with Gasteiger partial charge in [-0.3, -0.25) is 14.4 Å². The molecule has 67 heavy (non-hydrogen) atoms. The maximum absolute atomic E-state index is 12.8. The Labute approximate surface area is 411 Å². The molecule has 0 saturated heterocycles. The van der Waals surface area contributed by atoms with E-state index in [-0.39, 0.29) is 50.4 Å². The molecular weight excluding hydrogens is 829 g/mol. The second kappa shape index (κ2) is 54.2. The first kappa shape index (κ1) is 62.5. The van der Waals surface area contributed by atoms with E-state index in [9.17, 15) is 14.4 Å². The van der Waals surface area contributed by atoms with Gasteiger partial charge in [-0.1, -0.05) is 193 Å². The SMILES string of the molecule is CC/C=C\C/C=C\C/C=C\C/C=C\C/C=C\CCCC(=O)OC[C@H](COC(=O)CCCC/C=C\C/C=C\C/C=C\CCCCC)OC(=O)CCCCCC/C=C\C/C=C\C/C=C\CCCCC. The van der Waals surface area contributed by atoms with Crippen LogP contribution in [0.4, 0.5) is 0 Å². The predicted octanol–water partition coefficient (Wildman–Crippen LogP) is 17.9. The highest BCUT2D eigenvalue weighted by Gasteiger charge is 2.19. The zero-order chi connectivity index (χ0) is 48.6. The number of allylic oxidation sites excluding steroid dienone is 22. The number of rotatable bonds is 46. The summed E-state index contributed by atoms with van der Waals surface area (Å²) in [5, 5.41) is 0. The van der Waals surface area contributed by atoms with E-state index in [0.29, 0.717) is 12.8 Å². The molecule has 6 nitrogen and oxygen atoms in total. The second-order valence-corrected chi connectivity index (χ2v) is 17.0. The first-order chi connectivity index (χ1) is 33.0. The van der Waals surface area contributed by atoms with Crippen LogP contribution in [0.25, 0.3) is 0 Å². The Hall–Kier alpha value is -4.45. The first-order valence-electron chi connectivity index (χ1n) is 26.7. The average molecular weight is 925 g/mol. The maximum atomic E-state index is 12.8. The van der Waals surface area contributed by atoms with Crippen molar-refractivity contribution >= 4 is 17.9 Å². The third-order valence-electron chi connectivity index (χ3n) is 10.6. The lowest BCUT2D eigenvalue weighted by atomic mass is 10.1. The van der Waals surface area contributed by atoms with Crippen LogP contribution in [0, 0.1) is 0 Å². The van der Waals surface area contributed by atoms with Crippen molar-refractivity contribution in [2.75, 3.05) is 13.2 Å². The van der Waals surface area contributed by atoms with E-state index in [4.69, 9.17) is 14.2 Å². The highest BCUT2D eigenvalue weighted by Crippen LogP contribution is 2.11. The van der Waals surface area contributed by atoms with Crippen LogP contribution < -0.4 is 0 Å². The Morgan fingerprint density at radius 1 is 0.313 bits per heavy atom. The third-order valence-corrected chi connectivity index (χ3v) is 10.6. The zero-order valence-electron chi connectivity index (χ0n) is 42.9. The number of hydrogen-bond acceptors (Lipinski definition) is 6. The lowest BCUT2D eigenvalue weighted by Gasteiger charge is -2.18. The molecule has 0 N–H and O–H groups in total. The second-order valence-electron chi connectivity index (χ2n) is 17.0. The Bertz CT molecular complexity index is 1480. The molecule has 0 aliphatic heterocycles. The van der Waals surface area contributed by atoms with Crippen molar-refractivity contribution in [1.82, 2.24) is 0 Å². The van der Waals surface area contributed by atoms with E-state index < -0.39 is 6.10 Å². The lowest BCUT2D eigenvalue weighted by molar-refractivity contribution is -0.167. The normalized spacial score (nSPS) is 13.2. The van der Waals surface area contributed by atoms with Gasteiger partial charge in [-0.15, -0.1) is 0 Å². The van der Waals surface area contributed by atoms with Crippen LogP contribution in [0.3, 0.4) is 0 Å². The molecule has 0 saturated carbocycles. The summed E-state index contributed by atoms with van der Waals surface area (Å²) >= 11 is 0. The van der Waals surface area contributed by atoms with Crippen LogP contribution in [-0.2, 0) is 28.6 Å². The third kappa shape index (κ3) is 52.4. The molecule has 1 atom stereocenters. The molecular formula is C61H96O6. The van der Waals surface area contributed by atoms with Gasteiger partial charge in [0.15, 0.2) is 6.10 Å². The first-order valence-corrected chi connectivity index (χ1v) is 26.7. The summed E-state index contributed by atoms with van der Waals surface area (Å²) in [5.41, 5.74) is 0. The molecule has 6 heteroatoms. The number of carbonyl (C=O) groups is 3. The number of unbranched alkanes of at least 4 members (excludes halogenated alkanes) is 13. The minimum atomic E-state index is -0.833. The molecule has 0 rings (SSSR count). The summed E-state index contributed by atoms with van der Waals surface area (Å²) in [5.74, 6) is -1.05. The Kier molecular flexibility index (Phi) is 50.6. The van der Waals surface area contributed by atoms with Crippen molar-refractivity contribution in [3.8, 4) is 0 Å². The number of hydrogen-bond donors (Lipinski definition) is 0. The summed E-state index contributed by atoms with van der Waals surface area (Å²) < 4.78 is 16.7. The van der Waals surface area contributed by atoms with E-state index in [1.54, 1.807) is 0 Å². The number of ether oxygens (including phenoxy) is 3. The molecule has 0 spiro atoms. The van der Waals surface area contributed by atoms with Gasteiger partial charge in [-0.05, 0) is 135 Å². The van der Waals surface area contributed by atoms with Crippen LogP contribution in [0.5, 0.6) is 0 Å². The fourth-order valence-electron chi connectivity index (χ4n) is 6.61. The highest BCUT2D eigenvalue weighted by atomic mass is 16.6.